The lowest BCUT2D eigenvalue weighted by Gasteiger charge is -2.11. The zero-order valence-electron chi connectivity index (χ0n) is 14.8. The number of rotatable bonds is 6. The van der Waals surface area contributed by atoms with Crippen molar-refractivity contribution in [2.45, 2.75) is 13.5 Å². The second-order valence-corrected chi connectivity index (χ2v) is 6.74. The molecule has 0 fully saturated rings. The van der Waals surface area contributed by atoms with Crippen LogP contribution in [0.3, 0.4) is 0 Å². The van der Waals surface area contributed by atoms with Crippen LogP contribution < -0.4 is 8.92 Å². The summed E-state index contributed by atoms with van der Waals surface area (Å²) in [6, 6.07) is 8.80. The van der Waals surface area contributed by atoms with Crippen molar-refractivity contribution in [2.75, 3.05) is 0 Å². The van der Waals surface area contributed by atoms with Crippen molar-refractivity contribution in [1.82, 2.24) is 9.55 Å². The van der Waals surface area contributed by atoms with Crippen molar-refractivity contribution < 1.29 is 30.0 Å². The third-order valence-electron chi connectivity index (χ3n) is 3.92. The molecule has 29 heavy (non-hydrogen) atoms. The number of nitriles is 1. The Hall–Kier alpha value is -3.52. The van der Waals surface area contributed by atoms with Gasteiger partial charge in [0.2, 0.25) is 0 Å². The van der Waals surface area contributed by atoms with Crippen molar-refractivity contribution in [3.63, 3.8) is 0 Å². The Kier molecular flexibility index (Phi) is 5.47. The van der Waals surface area contributed by atoms with Gasteiger partial charge in [0.1, 0.15) is 42.1 Å². The SMILES string of the molecule is Cc1c(C#N)ncn1-c1cc(F)c(COc2ccc(OS(=O)(=O)F)cc2)c(F)c1. The van der Waals surface area contributed by atoms with E-state index in [2.05, 4.69) is 9.17 Å². The van der Waals surface area contributed by atoms with Gasteiger partial charge in [0.25, 0.3) is 0 Å². The van der Waals surface area contributed by atoms with E-state index >= 15 is 0 Å². The second-order valence-electron chi connectivity index (χ2n) is 5.78. The van der Waals surface area contributed by atoms with Gasteiger partial charge in [-0.2, -0.15) is 13.7 Å². The van der Waals surface area contributed by atoms with E-state index in [4.69, 9.17) is 10.00 Å². The molecule has 0 atom stereocenters. The monoisotopic (exact) mass is 423 g/mol. The van der Waals surface area contributed by atoms with Crippen LogP contribution in [0.2, 0.25) is 0 Å². The fourth-order valence-electron chi connectivity index (χ4n) is 2.51. The fraction of sp³-hybridized carbons (Fsp3) is 0.111. The Bertz CT molecular complexity index is 1180. The van der Waals surface area contributed by atoms with Gasteiger partial charge in [-0.15, -0.1) is 0 Å². The van der Waals surface area contributed by atoms with E-state index in [-0.39, 0.29) is 28.4 Å². The molecular formula is C18H12F3N3O4S. The molecule has 0 amide bonds. The summed E-state index contributed by atoms with van der Waals surface area (Å²) in [6.07, 6.45) is 1.29. The van der Waals surface area contributed by atoms with Gasteiger partial charge < -0.3 is 13.5 Å². The van der Waals surface area contributed by atoms with Gasteiger partial charge in [-0.05, 0) is 43.3 Å². The van der Waals surface area contributed by atoms with E-state index in [1.165, 1.54) is 23.0 Å². The maximum Gasteiger partial charge on any atom is 0.488 e. The molecule has 3 aromatic rings. The van der Waals surface area contributed by atoms with Crippen molar-refractivity contribution in [1.29, 1.82) is 5.26 Å². The van der Waals surface area contributed by atoms with Crippen molar-refractivity contribution in [3.05, 3.63) is 71.3 Å². The molecule has 150 valence electrons. The molecule has 0 aliphatic carbocycles. The van der Waals surface area contributed by atoms with Gasteiger partial charge in [0.05, 0.1) is 16.9 Å². The van der Waals surface area contributed by atoms with Crippen molar-refractivity contribution >= 4 is 10.5 Å². The van der Waals surface area contributed by atoms with Gasteiger partial charge in [-0.25, -0.2) is 13.8 Å². The summed E-state index contributed by atoms with van der Waals surface area (Å²) < 4.78 is 72.8. The molecule has 0 radical (unpaired) electrons. The largest absolute Gasteiger partial charge is 0.489 e. The van der Waals surface area contributed by atoms with E-state index in [0.29, 0.717) is 5.69 Å². The average molecular weight is 423 g/mol. The number of imidazole rings is 1. The van der Waals surface area contributed by atoms with Gasteiger partial charge >= 0.3 is 10.5 Å². The minimum absolute atomic E-state index is 0.145. The first-order chi connectivity index (χ1) is 13.7. The van der Waals surface area contributed by atoms with Crippen molar-refractivity contribution in [3.8, 4) is 23.3 Å². The molecule has 11 heteroatoms. The summed E-state index contributed by atoms with van der Waals surface area (Å²) in [4.78, 5) is 3.86. The molecule has 1 heterocycles. The van der Waals surface area contributed by atoms with Crippen LogP contribution >= 0.6 is 0 Å². The van der Waals surface area contributed by atoms with Gasteiger partial charge in [-0.1, -0.05) is 3.89 Å². The first kappa shape index (κ1) is 20.2. The summed E-state index contributed by atoms with van der Waals surface area (Å²) in [6.45, 7) is 1.14. The Morgan fingerprint density at radius 3 is 2.24 bits per heavy atom. The zero-order chi connectivity index (χ0) is 21.2. The highest BCUT2D eigenvalue weighted by Gasteiger charge is 2.16. The molecule has 0 saturated carbocycles. The number of hydrogen-bond acceptors (Lipinski definition) is 6. The first-order valence-corrected chi connectivity index (χ1v) is 9.28. The molecule has 1 aromatic heterocycles. The number of aromatic nitrogens is 2. The predicted octanol–water partition coefficient (Wildman–Crippen LogP) is 3.50. The van der Waals surface area contributed by atoms with Gasteiger partial charge in [0, 0.05) is 0 Å². The lowest BCUT2D eigenvalue weighted by molar-refractivity contribution is 0.292. The quantitative estimate of drug-likeness (QED) is 0.564. The second kappa shape index (κ2) is 7.84. The topological polar surface area (TPSA) is 94.2 Å². The molecule has 0 aliphatic rings. The average Bonchev–Trinajstić information content (AvgIpc) is 3.01. The molecule has 3 rings (SSSR count). The summed E-state index contributed by atoms with van der Waals surface area (Å²) in [5, 5.41) is 8.94. The van der Waals surface area contributed by atoms with E-state index in [1.54, 1.807) is 6.92 Å². The molecule has 0 saturated heterocycles. The number of nitrogens with zero attached hydrogens (tertiary/aromatic N) is 3. The van der Waals surface area contributed by atoms with Crippen LogP contribution in [0.15, 0.2) is 42.7 Å². The minimum Gasteiger partial charge on any atom is -0.489 e. The predicted molar refractivity (Wildman–Crippen MR) is 94.4 cm³/mol. The molecule has 0 bridgehead atoms. The third-order valence-corrected chi connectivity index (χ3v) is 4.31. The van der Waals surface area contributed by atoms with Crippen LogP contribution in [0.4, 0.5) is 12.7 Å². The highest BCUT2D eigenvalue weighted by Crippen LogP contribution is 2.24. The maximum atomic E-state index is 14.4. The summed E-state index contributed by atoms with van der Waals surface area (Å²) in [5.41, 5.74) is 0.405. The summed E-state index contributed by atoms with van der Waals surface area (Å²) in [7, 11) is -5.15. The number of hydrogen-bond donors (Lipinski definition) is 0. The lowest BCUT2D eigenvalue weighted by atomic mass is 10.1. The van der Waals surface area contributed by atoms with Gasteiger partial charge in [0.15, 0.2) is 5.69 Å². The Balaban J connectivity index is 1.77. The van der Waals surface area contributed by atoms with Crippen LogP contribution in [0, 0.1) is 29.9 Å². The third kappa shape index (κ3) is 4.67. The molecule has 2 aromatic carbocycles. The minimum atomic E-state index is -5.15. The maximum absolute atomic E-state index is 14.4. The fourth-order valence-corrected chi connectivity index (χ4v) is 2.85. The molecular weight excluding hydrogens is 411 g/mol. The van der Waals surface area contributed by atoms with Crippen LogP contribution in [0.5, 0.6) is 11.5 Å². The highest BCUT2D eigenvalue weighted by molar-refractivity contribution is 7.81. The standard InChI is InChI=1S/C18H12F3N3O4S/c1-11-18(8-22)23-10-24(11)12-6-16(19)15(17(20)7-12)9-27-13-2-4-14(5-3-13)28-29(21,25)26/h2-7,10H,9H2,1H3. The smallest absolute Gasteiger partial charge is 0.488 e. The van der Waals surface area contributed by atoms with Crippen LogP contribution in [0.1, 0.15) is 17.0 Å². The molecule has 0 unspecified atom stereocenters. The normalized spacial score (nSPS) is 11.1. The first-order valence-electron chi connectivity index (χ1n) is 7.97. The molecule has 7 nitrogen and oxygen atoms in total. The van der Waals surface area contributed by atoms with E-state index < -0.39 is 28.7 Å². The van der Waals surface area contributed by atoms with Crippen molar-refractivity contribution in [2.24, 2.45) is 0 Å². The summed E-state index contributed by atoms with van der Waals surface area (Å²) >= 11 is 0. The van der Waals surface area contributed by atoms with E-state index in [9.17, 15) is 21.1 Å². The van der Waals surface area contributed by atoms with Gasteiger partial charge in [-0.3, -0.25) is 0 Å². The Morgan fingerprint density at radius 1 is 1.14 bits per heavy atom. The number of ether oxygens (including phenoxy) is 1. The Labute approximate surface area is 164 Å². The Morgan fingerprint density at radius 2 is 1.72 bits per heavy atom. The number of halogens is 3. The summed E-state index contributed by atoms with van der Waals surface area (Å²) in [5.74, 6) is -1.86. The number of benzene rings is 2. The van der Waals surface area contributed by atoms with E-state index in [1.807, 2.05) is 6.07 Å². The molecule has 0 aliphatic heterocycles. The highest BCUT2D eigenvalue weighted by atomic mass is 32.3. The van der Waals surface area contributed by atoms with E-state index in [0.717, 1.165) is 24.3 Å². The lowest BCUT2D eigenvalue weighted by Crippen LogP contribution is -2.05. The molecule has 0 N–H and O–H groups in total. The zero-order valence-corrected chi connectivity index (χ0v) is 15.6. The van der Waals surface area contributed by atoms with Crippen LogP contribution in [-0.2, 0) is 17.1 Å². The van der Waals surface area contributed by atoms with Crippen LogP contribution in [-0.4, -0.2) is 18.0 Å². The van der Waals surface area contributed by atoms with Crippen LogP contribution in [0.25, 0.3) is 5.69 Å². The molecule has 0 spiro atoms.